The predicted octanol–water partition coefficient (Wildman–Crippen LogP) is 3.26. The summed E-state index contributed by atoms with van der Waals surface area (Å²) >= 11 is 0. The monoisotopic (exact) mass is 493 g/mol. The number of methoxy groups -OCH3 is 3. The molecule has 0 atom stereocenters. The molecule has 0 amide bonds. The Morgan fingerprint density at radius 2 is 1.79 bits per heavy atom. The van der Waals surface area contributed by atoms with Crippen molar-refractivity contribution in [2.45, 2.75) is 18.4 Å². The third-order valence-corrected chi connectivity index (χ3v) is 6.74. The lowest BCUT2D eigenvalue weighted by atomic mass is 10.1. The molecule has 1 heterocycles. The Morgan fingerprint density at radius 3 is 2.38 bits per heavy atom. The van der Waals surface area contributed by atoms with Crippen molar-refractivity contribution in [1.29, 1.82) is 0 Å². The van der Waals surface area contributed by atoms with E-state index in [9.17, 15) is 17.6 Å². The SMILES string of the molecule is COC(=O)c1cc(S(=O)(=O)N(Cc2ccc(OC)cc2OC)c2ccncn2)c(F)c(C)c1F. The molecule has 0 N–H and O–H groups in total. The Hall–Kier alpha value is -3.80. The van der Waals surface area contributed by atoms with Crippen LogP contribution in [-0.2, 0) is 21.3 Å². The van der Waals surface area contributed by atoms with Gasteiger partial charge >= 0.3 is 5.97 Å². The van der Waals surface area contributed by atoms with E-state index in [1.807, 2.05) is 0 Å². The van der Waals surface area contributed by atoms with Crippen molar-refractivity contribution >= 4 is 21.8 Å². The van der Waals surface area contributed by atoms with Crippen LogP contribution in [0.1, 0.15) is 21.5 Å². The minimum atomic E-state index is -4.72. The number of hydrogen-bond acceptors (Lipinski definition) is 8. The average Bonchev–Trinajstić information content (AvgIpc) is 2.85. The van der Waals surface area contributed by atoms with Crippen molar-refractivity contribution < 1.29 is 36.2 Å². The first kappa shape index (κ1) is 24.8. The molecular weight excluding hydrogens is 472 g/mol. The van der Waals surface area contributed by atoms with E-state index >= 15 is 4.39 Å². The summed E-state index contributed by atoms with van der Waals surface area (Å²) in [5.41, 5.74) is -0.964. The zero-order valence-electron chi connectivity index (χ0n) is 18.7. The van der Waals surface area contributed by atoms with Crippen molar-refractivity contribution in [2.24, 2.45) is 0 Å². The van der Waals surface area contributed by atoms with Gasteiger partial charge in [-0.2, -0.15) is 0 Å². The Labute approximate surface area is 195 Å². The largest absolute Gasteiger partial charge is 0.497 e. The van der Waals surface area contributed by atoms with E-state index in [2.05, 4.69) is 14.7 Å². The lowest BCUT2D eigenvalue weighted by Crippen LogP contribution is -2.32. The van der Waals surface area contributed by atoms with Crippen LogP contribution in [0.2, 0.25) is 0 Å². The molecule has 9 nitrogen and oxygen atoms in total. The molecule has 0 spiro atoms. The van der Waals surface area contributed by atoms with Crippen LogP contribution < -0.4 is 13.8 Å². The summed E-state index contributed by atoms with van der Waals surface area (Å²) in [5.74, 6) is -3.02. The molecule has 0 aliphatic rings. The molecule has 1 aromatic heterocycles. The fourth-order valence-electron chi connectivity index (χ4n) is 3.16. The summed E-state index contributed by atoms with van der Waals surface area (Å²) in [7, 11) is -0.863. The van der Waals surface area contributed by atoms with E-state index in [1.165, 1.54) is 26.5 Å². The van der Waals surface area contributed by atoms with Gasteiger partial charge < -0.3 is 14.2 Å². The normalized spacial score (nSPS) is 11.1. The van der Waals surface area contributed by atoms with Crippen LogP contribution in [0.3, 0.4) is 0 Å². The molecule has 0 aliphatic carbocycles. The summed E-state index contributed by atoms with van der Waals surface area (Å²) < 4.78 is 72.8. The van der Waals surface area contributed by atoms with Crippen LogP contribution >= 0.6 is 0 Å². The first-order valence-electron chi connectivity index (χ1n) is 9.72. The van der Waals surface area contributed by atoms with Crippen LogP contribution in [0.15, 0.2) is 47.8 Å². The van der Waals surface area contributed by atoms with Gasteiger partial charge in [0.15, 0.2) is 0 Å². The highest BCUT2D eigenvalue weighted by molar-refractivity contribution is 7.92. The second-order valence-electron chi connectivity index (χ2n) is 6.92. The van der Waals surface area contributed by atoms with Gasteiger partial charge in [0.05, 0.1) is 33.4 Å². The standard InChI is InChI=1S/C22H21F2N3O6S/c1-13-20(23)16(22(28)33-4)10-18(21(13)24)34(29,30)27(19-7-8-25-12-26-19)11-14-5-6-15(31-2)9-17(14)32-3/h5-10,12H,11H2,1-4H3. The first-order chi connectivity index (χ1) is 16.1. The van der Waals surface area contributed by atoms with Gasteiger partial charge in [-0.1, -0.05) is 0 Å². The minimum absolute atomic E-state index is 0.0890. The molecule has 0 radical (unpaired) electrons. The number of hydrogen-bond donors (Lipinski definition) is 0. The molecule has 0 saturated carbocycles. The fraction of sp³-hybridized carbons (Fsp3) is 0.227. The number of carbonyl (C=O) groups is 1. The average molecular weight is 493 g/mol. The van der Waals surface area contributed by atoms with Crippen molar-refractivity contribution in [3.8, 4) is 11.5 Å². The predicted molar refractivity (Wildman–Crippen MR) is 117 cm³/mol. The lowest BCUT2D eigenvalue weighted by molar-refractivity contribution is 0.0594. The number of carbonyl (C=O) groups excluding carboxylic acids is 1. The second-order valence-corrected chi connectivity index (χ2v) is 8.75. The van der Waals surface area contributed by atoms with Crippen molar-refractivity contribution in [2.75, 3.05) is 25.6 Å². The summed E-state index contributed by atoms with van der Waals surface area (Å²) in [4.78, 5) is 18.9. The lowest BCUT2D eigenvalue weighted by Gasteiger charge is -2.25. The summed E-state index contributed by atoms with van der Waals surface area (Å²) in [6.45, 7) is 0.688. The maximum atomic E-state index is 15.1. The van der Waals surface area contributed by atoms with Crippen molar-refractivity contribution in [3.63, 3.8) is 0 Å². The summed E-state index contributed by atoms with van der Waals surface area (Å²) in [5, 5.41) is 0. The Bertz CT molecular complexity index is 1320. The highest BCUT2D eigenvalue weighted by atomic mass is 32.2. The number of ether oxygens (including phenoxy) is 3. The molecule has 12 heteroatoms. The van der Waals surface area contributed by atoms with Crippen LogP contribution in [0.5, 0.6) is 11.5 Å². The molecule has 3 rings (SSSR count). The van der Waals surface area contributed by atoms with E-state index in [4.69, 9.17) is 9.47 Å². The first-order valence-corrected chi connectivity index (χ1v) is 11.2. The van der Waals surface area contributed by atoms with Gasteiger partial charge in [-0.3, -0.25) is 0 Å². The molecule has 0 bridgehead atoms. The van der Waals surface area contributed by atoms with Gasteiger partial charge in [0.25, 0.3) is 10.0 Å². The van der Waals surface area contributed by atoms with Crippen LogP contribution in [-0.4, -0.2) is 45.7 Å². The van der Waals surface area contributed by atoms with E-state index in [0.29, 0.717) is 23.1 Å². The maximum absolute atomic E-state index is 15.1. The van der Waals surface area contributed by atoms with Crippen molar-refractivity contribution in [3.05, 3.63) is 71.2 Å². The Morgan fingerprint density at radius 1 is 1.06 bits per heavy atom. The molecule has 0 saturated heterocycles. The third kappa shape index (κ3) is 4.62. The van der Waals surface area contributed by atoms with Crippen molar-refractivity contribution in [1.82, 2.24) is 9.97 Å². The van der Waals surface area contributed by atoms with Gasteiger partial charge in [-0.15, -0.1) is 0 Å². The molecule has 0 unspecified atom stereocenters. The molecule has 3 aromatic rings. The van der Waals surface area contributed by atoms with Crippen LogP contribution in [0, 0.1) is 18.6 Å². The number of esters is 1. The summed E-state index contributed by atoms with van der Waals surface area (Å²) in [6, 6.07) is 6.65. The molecule has 180 valence electrons. The number of halogens is 2. The highest BCUT2D eigenvalue weighted by Gasteiger charge is 2.33. The van der Waals surface area contributed by atoms with Gasteiger partial charge in [0.2, 0.25) is 0 Å². The zero-order valence-corrected chi connectivity index (χ0v) is 19.5. The Kier molecular flexibility index (Phi) is 7.30. The minimum Gasteiger partial charge on any atom is -0.497 e. The maximum Gasteiger partial charge on any atom is 0.340 e. The smallest absolute Gasteiger partial charge is 0.340 e. The Balaban J connectivity index is 2.22. The van der Waals surface area contributed by atoms with E-state index in [0.717, 1.165) is 24.7 Å². The topological polar surface area (TPSA) is 108 Å². The number of rotatable bonds is 8. The number of aromatic nitrogens is 2. The summed E-state index contributed by atoms with van der Waals surface area (Å²) in [6.07, 6.45) is 2.43. The van der Waals surface area contributed by atoms with Crippen LogP contribution in [0.4, 0.5) is 14.6 Å². The quantitative estimate of drug-likeness (QED) is 0.440. The number of benzene rings is 2. The fourth-order valence-corrected chi connectivity index (χ4v) is 4.71. The second kappa shape index (κ2) is 10.00. The molecule has 2 aromatic carbocycles. The van der Waals surface area contributed by atoms with Gasteiger partial charge in [-0.25, -0.2) is 36.3 Å². The molecule has 0 fully saturated rings. The number of sulfonamides is 1. The highest BCUT2D eigenvalue weighted by Crippen LogP contribution is 2.32. The molecule has 0 aliphatic heterocycles. The van der Waals surface area contributed by atoms with E-state index in [1.54, 1.807) is 18.2 Å². The van der Waals surface area contributed by atoms with Gasteiger partial charge in [-0.05, 0) is 25.1 Å². The zero-order chi connectivity index (χ0) is 25.0. The van der Waals surface area contributed by atoms with Crippen LogP contribution in [0.25, 0.3) is 0 Å². The van der Waals surface area contributed by atoms with Gasteiger partial charge in [0, 0.05) is 29.5 Å². The molecule has 34 heavy (non-hydrogen) atoms. The number of nitrogens with zero attached hydrogens (tertiary/aromatic N) is 3. The van der Waals surface area contributed by atoms with Gasteiger partial charge in [0.1, 0.15) is 40.2 Å². The molecular formula is C22H21F2N3O6S. The third-order valence-electron chi connectivity index (χ3n) is 4.99. The van der Waals surface area contributed by atoms with E-state index in [-0.39, 0.29) is 12.4 Å². The van der Waals surface area contributed by atoms with E-state index < -0.39 is 43.6 Å². The number of anilines is 1.